The Bertz CT molecular complexity index is 798. The summed E-state index contributed by atoms with van der Waals surface area (Å²) in [5, 5.41) is 17.4. The SMILES string of the molecule is Cn1nc(-c2ccccc2)cc1/C(CSc1ccccc1)=N\O. The second-order valence-electron chi connectivity index (χ2n) is 5.05. The Labute approximate surface area is 139 Å². The zero-order chi connectivity index (χ0) is 16.1. The summed E-state index contributed by atoms with van der Waals surface area (Å²) in [5.74, 6) is 0.578. The lowest BCUT2D eigenvalue weighted by Crippen LogP contribution is -2.10. The molecular formula is C18H17N3OS. The highest BCUT2D eigenvalue weighted by Gasteiger charge is 2.13. The highest BCUT2D eigenvalue weighted by molar-refractivity contribution is 8.00. The van der Waals surface area contributed by atoms with Crippen LogP contribution in [-0.4, -0.2) is 26.5 Å². The van der Waals surface area contributed by atoms with Crippen LogP contribution < -0.4 is 0 Å². The number of aromatic nitrogens is 2. The molecule has 3 rings (SSSR count). The van der Waals surface area contributed by atoms with Gasteiger partial charge in [0.2, 0.25) is 0 Å². The molecule has 0 amide bonds. The first-order chi connectivity index (χ1) is 11.3. The molecule has 4 nitrogen and oxygen atoms in total. The lowest BCUT2D eigenvalue weighted by Gasteiger charge is -2.04. The third-order valence-corrected chi connectivity index (χ3v) is 4.51. The van der Waals surface area contributed by atoms with Gasteiger partial charge in [0.05, 0.1) is 11.4 Å². The van der Waals surface area contributed by atoms with Crippen LogP contribution in [0.1, 0.15) is 5.69 Å². The average molecular weight is 323 g/mol. The topological polar surface area (TPSA) is 50.4 Å². The normalized spacial score (nSPS) is 11.6. The van der Waals surface area contributed by atoms with Crippen molar-refractivity contribution in [2.24, 2.45) is 12.2 Å². The minimum absolute atomic E-state index is 0.578. The number of hydrogen-bond acceptors (Lipinski definition) is 4. The maximum absolute atomic E-state index is 9.40. The monoisotopic (exact) mass is 323 g/mol. The van der Waals surface area contributed by atoms with Gasteiger partial charge in [-0.15, -0.1) is 11.8 Å². The predicted octanol–water partition coefficient (Wildman–Crippen LogP) is 4.06. The molecular weight excluding hydrogens is 306 g/mol. The van der Waals surface area contributed by atoms with E-state index in [-0.39, 0.29) is 0 Å². The molecule has 0 saturated carbocycles. The lowest BCUT2D eigenvalue weighted by atomic mass is 10.1. The summed E-state index contributed by atoms with van der Waals surface area (Å²) >= 11 is 1.63. The first-order valence-electron chi connectivity index (χ1n) is 7.26. The molecule has 0 aliphatic carbocycles. The summed E-state index contributed by atoms with van der Waals surface area (Å²) in [6, 6.07) is 22.0. The van der Waals surface area contributed by atoms with Crippen LogP contribution in [-0.2, 0) is 7.05 Å². The molecule has 0 unspecified atom stereocenters. The van der Waals surface area contributed by atoms with Crippen LogP contribution in [0, 0.1) is 0 Å². The summed E-state index contributed by atoms with van der Waals surface area (Å²) in [5.41, 5.74) is 3.34. The molecule has 0 aliphatic heterocycles. The molecule has 116 valence electrons. The molecule has 0 atom stereocenters. The first kappa shape index (κ1) is 15.4. The van der Waals surface area contributed by atoms with Crippen LogP contribution in [0.5, 0.6) is 0 Å². The van der Waals surface area contributed by atoms with Crippen molar-refractivity contribution in [2.75, 3.05) is 5.75 Å². The minimum Gasteiger partial charge on any atom is -0.411 e. The van der Waals surface area contributed by atoms with Crippen LogP contribution in [0.15, 0.2) is 76.8 Å². The molecule has 3 aromatic rings. The Kier molecular flexibility index (Phi) is 4.78. The highest BCUT2D eigenvalue weighted by atomic mass is 32.2. The van der Waals surface area contributed by atoms with Crippen molar-refractivity contribution in [3.8, 4) is 11.3 Å². The second kappa shape index (κ2) is 7.15. The summed E-state index contributed by atoms with van der Waals surface area (Å²) in [6.07, 6.45) is 0. The fourth-order valence-corrected chi connectivity index (χ4v) is 3.17. The molecule has 0 saturated heterocycles. The zero-order valence-corrected chi connectivity index (χ0v) is 13.6. The van der Waals surface area contributed by atoms with Gasteiger partial charge in [-0.25, -0.2) is 0 Å². The predicted molar refractivity (Wildman–Crippen MR) is 94.1 cm³/mol. The Balaban J connectivity index is 1.81. The summed E-state index contributed by atoms with van der Waals surface area (Å²) in [7, 11) is 1.86. The van der Waals surface area contributed by atoms with E-state index in [1.807, 2.05) is 73.8 Å². The molecule has 0 bridgehead atoms. The summed E-state index contributed by atoms with van der Waals surface area (Å²) < 4.78 is 1.75. The summed E-state index contributed by atoms with van der Waals surface area (Å²) in [6.45, 7) is 0. The number of aryl methyl sites for hydroxylation is 1. The van der Waals surface area contributed by atoms with Crippen molar-refractivity contribution in [3.05, 3.63) is 72.4 Å². The van der Waals surface area contributed by atoms with E-state index in [1.165, 1.54) is 0 Å². The fourth-order valence-electron chi connectivity index (χ4n) is 2.31. The highest BCUT2D eigenvalue weighted by Crippen LogP contribution is 2.22. The van der Waals surface area contributed by atoms with Crippen LogP contribution in [0.2, 0.25) is 0 Å². The molecule has 23 heavy (non-hydrogen) atoms. The smallest absolute Gasteiger partial charge is 0.115 e. The van der Waals surface area contributed by atoms with Gasteiger partial charge in [0, 0.05) is 23.3 Å². The van der Waals surface area contributed by atoms with Gasteiger partial charge < -0.3 is 5.21 Å². The minimum atomic E-state index is 0.578. The van der Waals surface area contributed by atoms with Crippen molar-refractivity contribution < 1.29 is 5.21 Å². The van der Waals surface area contributed by atoms with E-state index >= 15 is 0 Å². The largest absolute Gasteiger partial charge is 0.411 e. The van der Waals surface area contributed by atoms with Crippen molar-refractivity contribution in [2.45, 2.75) is 4.90 Å². The standard InChI is InChI=1S/C18H17N3OS/c1-21-18(12-16(19-21)14-8-4-2-5-9-14)17(20-22)13-23-15-10-6-3-7-11-15/h2-12,22H,13H2,1H3/b20-17-. The first-order valence-corrected chi connectivity index (χ1v) is 8.25. The van der Waals surface area contributed by atoms with Gasteiger partial charge in [0.15, 0.2) is 0 Å². The van der Waals surface area contributed by atoms with Crippen LogP contribution in [0.4, 0.5) is 0 Å². The van der Waals surface area contributed by atoms with Gasteiger partial charge in [-0.05, 0) is 18.2 Å². The molecule has 0 aliphatic rings. The van der Waals surface area contributed by atoms with E-state index in [0.29, 0.717) is 11.5 Å². The van der Waals surface area contributed by atoms with Gasteiger partial charge in [-0.3, -0.25) is 4.68 Å². The quantitative estimate of drug-likeness (QED) is 0.333. The molecule has 1 aromatic heterocycles. The number of thioether (sulfide) groups is 1. The van der Waals surface area contributed by atoms with E-state index < -0.39 is 0 Å². The number of rotatable bonds is 5. The number of nitrogens with zero attached hydrogens (tertiary/aromatic N) is 3. The Hall–Kier alpha value is -2.53. The molecule has 1 N–H and O–H groups in total. The van der Waals surface area contributed by atoms with E-state index in [1.54, 1.807) is 16.4 Å². The van der Waals surface area contributed by atoms with Gasteiger partial charge in [-0.2, -0.15) is 5.10 Å². The zero-order valence-electron chi connectivity index (χ0n) is 12.8. The molecule has 2 aromatic carbocycles. The van der Waals surface area contributed by atoms with Gasteiger partial charge in [0.1, 0.15) is 5.71 Å². The average Bonchev–Trinajstić information content (AvgIpc) is 2.99. The molecule has 0 radical (unpaired) electrons. The Morgan fingerprint density at radius 2 is 1.74 bits per heavy atom. The van der Waals surface area contributed by atoms with Gasteiger partial charge >= 0.3 is 0 Å². The van der Waals surface area contributed by atoms with Crippen molar-refractivity contribution in [3.63, 3.8) is 0 Å². The van der Waals surface area contributed by atoms with E-state index in [4.69, 9.17) is 0 Å². The third-order valence-electron chi connectivity index (χ3n) is 3.48. The Morgan fingerprint density at radius 3 is 2.39 bits per heavy atom. The van der Waals surface area contributed by atoms with E-state index in [9.17, 15) is 5.21 Å². The van der Waals surface area contributed by atoms with Crippen molar-refractivity contribution in [1.29, 1.82) is 0 Å². The number of oxime groups is 1. The molecule has 5 heteroatoms. The maximum atomic E-state index is 9.40. The van der Waals surface area contributed by atoms with Gasteiger partial charge in [-0.1, -0.05) is 53.7 Å². The molecule has 0 fully saturated rings. The number of hydrogen-bond donors (Lipinski definition) is 1. The fraction of sp³-hybridized carbons (Fsp3) is 0.111. The lowest BCUT2D eigenvalue weighted by molar-refractivity contribution is 0.319. The van der Waals surface area contributed by atoms with Gasteiger partial charge in [0.25, 0.3) is 0 Å². The summed E-state index contributed by atoms with van der Waals surface area (Å²) in [4.78, 5) is 1.14. The van der Waals surface area contributed by atoms with Crippen LogP contribution >= 0.6 is 11.8 Å². The maximum Gasteiger partial charge on any atom is 0.115 e. The Morgan fingerprint density at radius 1 is 1.09 bits per heavy atom. The van der Waals surface area contributed by atoms with Crippen LogP contribution in [0.25, 0.3) is 11.3 Å². The molecule has 1 heterocycles. The van der Waals surface area contributed by atoms with Crippen molar-refractivity contribution >= 4 is 17.5 Å². The second-order valence-corrected chi connectivity index (χ2v) is 6.10. The number of benzene rings is 2. The van der Waals surface area contributed by atoms with E-state index in [0.717, 1.165) is 21.8 Å². The van der Waals surface area contributed by atoms with Crippen molar-refractivity contribution in [1.82, 2.24) is 9.78 Å². The van der Waals surface area contributed by atoms with E-state index in [2.05, 4.69) is 10.3 Å². The molecule has 0 spiro atoms. The third kappa shape index (κ3) is 3.63. The van der Waals surface area contributed by atoms with Crippen LogP contribution in [0.3, 0.4) is 0 Å².